The molecule has 2 saturated heterocycles. The zero-order valence-corrected chi connectivity index (χ0v) is 20.0. The molecule has 1 aliphatic carbocycles. The second kappa shape index (κ2) is 9.69. The van der Waals surface area contributed by atoms with Crippen LogP contribution in [0, 0.1) is 0 Å². The molecule has 4 rings (SSSR count). The fraction of sp³-hybridized carbons (Fsp3) is 0.682. The van der Waals surface area contributed by atoms with Crippen LogP contribution in [0.25, 0.3) is 0 Å². The predicted molar refractivity (Wildman–Crippen MR) is 124 cm³/mol. The summed E-state index contributed by atoms with van der Waals surface area (Å²) in [4.78, 5) is 15.3. The number of rotatable bonds is 7. The molecule has 10 heteroatoms. The van der Waals surface area contributed by atoms with Crippen molar-refractivity contribution in [2.45, 2.75) is 68.3 Å². The average Bonchev–Trinajstić information content (AvgIpc) is 3.44. The maximum atomic E-state index is 13.2. The lowest BCUT2D eigenvalue weighted by Gasteiger charge is -2.38. The summed E-state index contributed by atoms with van der Waals surface area (Å²) in [5.41, 5.74) is 0.571. The Kier molecular flexibility index (Phi) is 7.11. The molecule has 1 amide bonds. The van der Waals surface area contributed by atoms with Crippen molar-refractivity contribution in [3.8, 4) is 0 Å². The second-order valence-corrected chi connectivity index (χ2v) is 13.3. The topological polar surface area (TPSA) is 104 Å². The Labute approximate surface area is 191 Å². The van der Waals surface area contributed by atoms with Crippen molar-refractivity contribution >= 4 is 31.5 Å². The van der Waals surface area contributed by atoms with Crippen molar-refractivity contribution in [2.24, 2.45) is 0 Å². The zero-order chi connectivity index (χ0) is 22.8. The third kappa shape index (κ3) is 5.28. The summed E-state index contributed by atoms with van der Waals surface area (Å²) < 4.78 is 51.3. The minimum Gasteiger partial charge on any atom is -0.376 e. The average molecular weight is 484 g/mol. The fourth-order valence-electron chi connectivity index (χ4n) is 5.17. The van der Waals surface area contributed by atoms with Crippen molar-refractivity contribution in [2.75, 3.05) is 36.5 Å². The van der Waals surface area contributed by atoms with Crippen molar-refractivity contribution in [1.82, 2.24) is 9.21 Å². The molecule has 3 aliphatic rings. The largest absolute Gasteiger partial charge is 0.376 e. The Hall–Kier alpha value is -1.65. The highest BCUT2D eigenvalue weighted by Gasteiger charge is 2.38. The molecule has 0 spiro atoms. The molecule has 1 N–H and O–H groups in total. The molecule has 178 valence electrons. The minimum absolute atomic E-state index is 0.0141. The number of carbonyl (C=O) groups excluding carboxylic acids is 1. The Bertz CT molecular complexity index is 1030. The van der Waals surface area contributed by atoms with Gasteiger partial charge in [-0.15, -0.1) is 0 Å². The monoisotopic (exact) mass is 483 g/mol. The van der Waals surface area contributed by atoms with Gasteiger partial charge in [0.15, 0.2) is 9.84 Å². The van der Waals surface area contributed by atoms with Crippen molar-refractivity contribution in [1.29, 1.82) is 0 Å². The quantitative estimate of drug-likeness (QED) is 0.638. The molecule has 3 fully saturated rings. The molecule has 0 bridgehead atoms. The van der Waals surface area contributed by atoms with E-state index in [1.54, 1.807) is 24.3 Å². The second-order valence-electron chi connectivity index (χ2n) is 9.14. The Morgan fingerprint density at radius 2 is 1.75 bits per heavy atom. The van der Waals surface area contributed by atoms with E-state index in [2.05, 4.69) is 5.32 Å². The number of hydrogen-bond acceptors (Lipinski definition) is 6. The first-order valence-electron chi connectivity index (χ1n) is 11.6. The summed E-state index contributed by atoms with van der Waals surface area (Å²) in [7, 11) is -6.62. The highest BCUT2D eigenvalue weighted by molar-refractivity contribution is 7.91. The third-order valence-corrected chi connectivity index (χ3v) is 10.5. The smallest absolute Gasteiger partial charge is 0.243 e. The van der Waals surface area contributed by atoms with Crippen LogP contribution < -0.4 is 5.32 Å². The van der Waals surface area contributed by atoms with E-state index >= 15 is 0 Å². The lowest BCUT2D eigenvalue weighted by molar-refractivity contribution is -0.134. The van der Waals surface area contributed by atoms with Gasteiger partial charge in [-0.2, -0.15) is 4.31 Å². The highest BCUT2D eigenvalue weighted by Crippen LogP contribution is 2.29. The van der Waals surface area contributed by atoms with Gasteiger partial charge in [0.25, 0.3) is 0 Å². The Balaban J connectivity index is 1.46. The van der Waals surface area contributed by atoms with E-state index in [0.29, 0.717) is 25.2 Å². The van der Waals surface area contributed by atoms with Crippen LogP contribution >= 0.6 is 0 Å². The molecule has 2 aliphatic heterocycles. The molecule has 2 heterocycles. The van der Waals surface area contributed by atoms with Gasteiger partial charge >= 0.3 is 0 Å². The van der Waals surface area contributed by atoms with E-state index in [1.807, 2.05) is 4.90 Å². The number of sulfone groups is 1. The van der Waals surface area contributed by atoms with Gasteiger partial charge in [0.2, 0.25) is 15.9 Å². The van der Waals surface area contributed by atoms with Gasteiger partial charge in [-0.25, -0.2) is 16.8 Å². The molecule has 32 heavy (non-hydrogen) atoms. The van der Waals surface area contributed by atoms with Gasteiger partial charge in [0.05, 0.1) is 22.9 Å². The Morgan fingerprint density at radius 1 is 1.03 bits per heavy atom. The number of hydrogen-bond donors (Lipinski definition) is 1. The van der Waals surface area contributed by atoms with Crippen LogP contribution in [-0.4, -0.2) is 75.2 Å². The van der Waals surface area contributed by atoms with E-state index in [9.17, 15) is 21.6 Å². The summed E-state index contributed by atoms with van der Waals surface area (Å²) in [5.74, 6) is 0.0587. The molecular weight excluding hydrogens is 450 g/mol. The predicted octanol–water partition coefficient (Wildman–Crippen LogP) is 2.23. The zero-order valence-electron chi connectivity index (χ0n) is 18.4. The molecular formula is C22H33N3O5S2. The molecule has 1 saturated carbocycles. The first-order chi connectivity index (χ1) is 15.3. The summed E-state index contributed by atoms with van der Waals surface area (Å²) in [5, 5.41) is 3.09. The SMILES string of the molecule is O=C(CNc1cccc(S(=O)(=O)N2CCCC2)c1)N(C1CCCCC1)[C@H]1CCS(=O)(=O)C1. The van der Waals surface area contributed by atoms with E-state index in [4.69, 9.17) is 0 Å². The van der Waals surface area contributed by atoms with E-state index in [0.717, 1.165) is 44.9 Å². The Morgan fingerprint density at radius 3 is 2.41 bits per heavy atom. The lowest BCUT2D eigenvalue weighted by Crippen LogP contribution is -2.50. The highest BCUT2D eigenvalue weighted by atomic mass is 32.2. The molecule has 1 aromatic rings. The van der Waals surface area contributed by atoms with Crippen LogP contribution in [0.2, 0.25) is 0 Å². The van der Waals surface area contributed by atoms with Gasteiger partial charge in [0, 0.05) is 30.9 Å². The van der Waals surface area contributed by atoms with Gasteiger partial charge in [-0.05, 0) is 50.3 Å². The fourth-order valence-corrected chi connectivity index (χ4v) is 8.45. The standard InChI is InChI=1S/C22H33N3O5S2/c26-22(25(19-8-2-1-3-9-19)20-11-14-31(27,28)17-20)16-23-18-7-6-10-21(15-18)32(29,30)24-12-4-5-13-24/h6-7,10,15,19-20,23H,1-5,8-9,11-14,16-17H2/t20-/m0/s1. The molecule has 8 nitrogen and oxygen atoms in total. The number of sulfonamides is 1. The van der Waals surface area contributed by atoms with Gasteiger partial charge in [-0.3, -0.25) is 4.79 Å². The number of nitrogens with one attached hydrogen (secondary N) is 1. The summed E-state index contributed by atoms with van der Waals surface area (Å²) in [6.07, 6.45) is 7.32. The third-order valence-electron chi connectivity index (χ3n) is 6.84. The van der Waals surface area contributed by atoms with Crippen LogP contribution in [0.4, 0.5) is 5.69 Å². The van der Waals surface area contributed by atoms with Crippen LogP contribution in [-0.2, 0) is 24.7 Å². The maximum absolute atomic E-state index is 13.2. The summed E-state index contributed by atoms with van der Waals surface area (Å²) in [6.45, 7) is 1.10. The van der Waals surface area contributed by atoms with Crippen LogP contribution in [0.3, 0.4) is 0 Å². The van der Waals surface area contributed by atoms with Crippen LogP contribution in [0.15, 0.2) is 29.2 Å². The number of anilines is 1. The van der Waals surface area contributed by atoms with E-state index in [-0.39, 0.29) is 40.9 Å². The first kappa shape index (κ1) is 23.5. The van der Waals surface area contributed by atoms with Crippen molar-refractivity contribution < 1.29 is 21.6 Å². The molecule has 0 radical (unpaired) electrons. The van der Waals surface area contributed by atoms with E-state index in [1.165, 1.54) is 4.31 Å². The van der Waals surface area contributed by atoms with E-state index < -0.39 is 19.9 Å². The van der Waals surface area contributed by atoms with Crippen LogP contribution in [0.1, 0.15) is 51.4 Å². The van der Waals surface area contributed by atoms with Gasteiger partial charge < -0.3 is 10.2 Å². The summed E-state index contributed by atoms with van der Waals surface area (Å²) >= 11 is 0. The molecule has 0 aromatic heterocycles. The molecule has 1 atom stereocenters. The number of amides is 1. The first-order valence-corrected chi connectivity index (χ1v) is 14.9. The van der Waals surface area contributed by atoms with Crippen molar-refractivity contribution in [3.05, 3.63) is 24.3 Å². The number of benzene rings is 1. The lowest BCUT2D eigenvalue weighted by atomic mass is 9.93. The molecule has 0 unspecified atom stereocenters. The number of carbonyl (C=O) groups is 1. The summed E-state index contributed by atoms with van der Waals surface area (Å²) in [6, 6.07) is 6.40. The molecule has 1 aromatic carbocycles. The van der Waals surface area contributed by atoms with Crippen LogP contribution in [0.5, 0.6) is 0 Å². The number of nitrogens with zero attached hydrogens (tertiary/aromatic N) is 2. The normalized spacial score (nSPS) is 24.4. The van der Waals surface area contributed by atoms with Gasteiger partial charge in [-0.1, -0.05) is 25.3 Å². The van der Waals surface area contributed by atoms with Gasteiger partial charge in [0.1, 0.15) is 0 Å². The minimum atomic E-state index is -3.53. The maximum Gasteiger partial charge on any atom is 0.243 e. The van der Waals surface area contributed by atoms with Crippen molar-refractivity contribution in [3.63, 3.8) is 0 Å².